The van der Waals surface area contributed by atoms with E-state index in [-0.39, 0.29) is 0 Å². The van der Waals surface area contributed by atoms with E-state index in [1.807, 2.05) is 38.4 Å². The number of methoxy groups -OCH3 is 1. The van der Waals surface area contributed by atoms with Crippen LogP contribution in [0.25, 0.3) is 21.8 Å². The van der Waals surface area contributed by atoms with Crippen molar-refractivity contribution in [2.75, 3.05) is 44.6 Å². The number of nitrogens with zero attached hydrogens (tertiary/aromatic N) is 3. The Labute approximate surface area is 219 Å². The Bertz CT molecular complexity index is 1260. The minimum absolute atomic E-state index is 0.684. The Balaban J connectivity index is 0.000000192. The Morgan fingerprint density at radius 3 is 1.91 bits per heavy atom. The van der Waals surface area contributed by atoms with Crippen molar-refractivity contribution in [3.63, 3.8) is 0 Å². The van der Waals surface area contributed by atoms with Gasteiger partial charge in [0.15, 0.2) is 0 Å². The zero-order valence-electron chi connectivity index (χ0n) is 20.5. The first-order valence-electron chi connectivity index (χ1n) is 11.4. The Hall–Kier alpha value is -2.22. The predicted molar refractivity (Wildman–Crippen MR) is 152 cm³/mol. The monoisotopic (exact) mass is 586 g/mol. The molecule has 0 saturated heterocycles. The quantitative estimate of drug-likeness (QED) is 0.231. The van der Waals surface area contributed by atoms with E-state index in [1.54, 1.807) is 7.11 Å². The lowest BCUT2D eigenvalue weighted by Crippen LogP contribution is -2.13. The molecule has 0 saturated carbocycles. The average molecular weight is 588 g/mol. The summed E-state index contributed by atoms with van der Waals surface area (Å²) in [6.45, 7) is 5.76. The fraction of sp³-hybridized carbons (Fsp3) is 0.333. The van der Waals surface area contributed by atoms with Gasteiger partial charge in [0, 0.05) is 47.5 Å². The molecular weight excluding hydrogens is 556 g/mol. The molecule has 2 aromatic carbocycles. The summed E-state index contributed by atoms with van der Waals surface area (Å²) in [6.07, 6.45) is 1.97. The maximum atomic E-state index is 5.04. The summed E-state index contributed by atoms with van der Waals surface area (Å²) >= 11 is 6.98. The van der Waals surface area contributed by atoms with Crippen molar-refractivity contribution in [2.24, 2.45) is 0 Å². The number of hydrogen-bond acceptors (Lipinski definition) is 5. The maximum absolute atomic E-state index is 5.04. The minimum Gasteiger partial charge on any atom is -0.383 e. The third kappa shape index (κ3) is 6.68. The molecule has 34 heavy (non-hydrogen) atoms. The highest BCUT2D eigenvalue weighted by Crippen LogP contribution is 2.26. The van der Waals surface area contributed by atoms with Crippen LogP contribution in [0.5, 0.6) is 0 Å². The summed E-state index contributed by atoms with van der Waals surface area (Å²) in [5.41, 5.74) is 4.58. The number of benzene rings is 2. The van der Waals surface area contributed by atoms with E-state index >= 15 is 0 Å². The summed E-state index contributed by atoms with van der Waals surface area (Å²) in [5, 5.41) is 5.68. The van der Waals surface area contributed by atoms with Gasteiger partial charge >= 0.3 is 0 Å². The summed E-state index contributed by atoms with van der Waals surface area (Å²) < 4.78 is 7.22. The molecule has 0 spiro atoms. The molecule has 4 aromatic rings. The van der Waals surface area contributed by atoms with Gasteiger partial charge in [0.05, 0.1) is 17.6 Å². The van der Waals surface area contributed by atoms with E-state index in [0.29, 0.717) is 6.61 Å². The van der Waals surface area contributed by atoms with E-state index in [2.05, 4.69) is 85.2 Å². The number of anilines is 2. The summed E-state index contributed by atoms with van der Waals surface area (Å²) in [6, 6.07) is 16.7. The van der Waals surface area contributed by atoms with Crippen LogP contribution in [0.3, 0.4) is 0 Å². The molecule has 0 atom stereocenters. The summed E-state index contributed by atoms with van der Waals surface area (Å²) in [7, 11) is 5.77. The van der Waals surface area contributed by atoms with Crippen molar-refractivity contribution in [3.8, 4) is 0 Å². The molecule has 2 heterocycles. The molecule has 4 rings (SSSR count). The molecule has 0 unspecified atom stereocenters. The molecule has 0 aliphatic rings. The predicted octanol–water partition coefficient (Wildman–Crippen LogP) is 7.24. The minimum atomic E-state index is 0.684. The number of aryl methyl sites for hydroxylation is 2. The van der Waals surface area contributed by atoms with Crippen molar-refractivity contribution in [1.29, 1.82) is 0 Å². The molecule has 180 valence electrons. The summed E-state index contributed by atoms with van der Waals surface area (Å²) in [5.74, 6) is 2.03. The van der Waals surface area contributed by atoms with Crippen LogP contribution in [0.15, 0.2) is 57.5 Å². The van der Waals surface area contributed by atoms with Crippen LogP contribution in [-0.2, 0) is 17.6 Å². The van der Waals surface area contributed by atoms with Gasteiger partial charge in [-0.05, 0) is 72.5 Å². The van der Waals surface area contributed by atoms with Crippen molar-refractivity contribution in [2.45, 2.75) is 26.7 Å². The van der Waals surface area contributed by atoms with Crippen molar-refractivity contribution >= 4 is 65.3 Å². The van der Waals surface area contributed by atoms with Crippen LogP contribution in [-0.4, -0.2) is 44.3 Å². The molecule has 1 N–H and O–H groups in total. The number of rotatable bonds is 7. The van der Waals surface area contributed by atoms with Gasteiger partial charge < -0.3 is 15.0 Å². The SMILES string of the molecule is CCc1cc2cc(Br)ccc2nc1N(C)C.CCc1cc2cc(Br)ccc2nc1NCCOC. The number of pyridine rings is 2. The smallest absolute Gasteiger partial charge is 0.131 e. The van der Waals surface area contributed by atoms with Crippen molar-refractivity contribution < 1.29 is 4.74 Å². The first-order chi connectivity index (χ1) is 16.4. The largest absolute Gasteiger partial charge is 0.383 e. The highest BCUT2D eigenvalue weighted by atomic mass is 79.9. The van der Waals surface area contributed by atoms with Gasteiger partial charge in [0.2, 0.25) is 0 Å². The third-order valence-electron chi connectivity index (χ3n) is 5.47. The summed E-state index contributed by atoms with van der Waals surface area (Å²) in [4.78, 5) is 11.4. The highest BCUT2D eigenvalue weighted by molar-refractivity contribution is 9.10. The number of nitrogens with one attached hydrogen (secondary N) is 1. The van der Waals surface area contributed by atoms with Crippen LogP contribution in [0.2, 0.25) is 0 Å². The van der Waals surface area contributed by atoms with E-state index in [4.69, 9.17) is 9.72 Å². The zero-order chi connectivity index (χ0) is 24.7. The zero-order valence-corrected chi connectivity index (χ0v) is 23.6. The van der Waals surface area contributed by atoms with Gasteiger partial charge in [0.25, 0.3) is 0 Å². The van der Waals surface area contributed by atoms with Crippen LogP contribution < -0.4 is 10.2 Å². The number of halogens is 2. The maximum Gasteiger partial charge on any atom is 0.131 e. The lowest BCUT2D eigenvalue weighted by molar-refractivity contribution is 0.210. The fourth-order valence-electron chi connectivity index (χ4n) is 3.71. The Morgan fingerprint density at radius 1 is 0.824 bits per heavy atom. The molecule has 0 amide bonds. The van der Waals surface area contributed by atoms with E-state index in [9.17, 15) is 0 Å². The van der Waals surface area contributed by atoms with Crippen LogP contribution in [0.4, 0.5) is 11.6 Å². The Kier molecular flexibility index (Phi) is 9.68. The van der Waals surface area contributed by atoms with E-state index in [0.717, 1.165) is 51.0 Å². The van der Waals surface area contributed by atoms with E-state index in [1.165, 1.54) is 21.9 Å². The Morgan fingerprint density at radius 2 is 1.38 bits per heavy atom. The third-order valence-corrected chi connectivity index (χ3v) is 6.46. The molecule has 2 aromatic heterocycles. The number of hydrogen-bond donors (Lipinski definition) is 1. The molecule has 0 radical (unpaired) electrons. The van der Waals surface area contributed by atoms with Crippen molar-refractivity contribution in [1.82, 2.24) is 9.97 Å². The first kappa shape index (κ1) is 26.4. The molecule has 7 heteroatoms. The van der Waals surface area contributed by atoms with Gasteiger partial charge in [-0.25, -0.2) is 9.97 Å². The standard InChI is InChI=1S/C14H17BrN2O.C13H15BrN2/c1-3-10-8-11-9-12(15)4-5-13(11)17-14(10)16-6-7-18-2;1-4-9-7-10-8-11(14)5-6-12(10)15-13(9)16(2)3/h4-5,8-9H,3,6-7H2,1-2H3,(H,16,17);5-8H,4H2,1-3H3. The van der Waals surface area contributed by atoms with Crippen LogP contribution in [0.1, 0.15) is 25.0 Å². The molecular formula is C27H32Br2N4O. The lowest BCUT2D eigenvalue weighted by Gasteiger charge is -2.16. The number of fused-ring (bicyclic) bond motifs is 2. The second kappa shape index (κ2) is 12.5. The normalized spacial score (nSPS) is 10.8. The van der Waals surface area contributed by atoms with Gasteiger partial charge in [-0.1, -0.05) is 45.7 Å². The van der Waals surface area contributed by atoms with Crippen molar-refractivity contribution in [3.05, 3.63) is 68.6 Å². The average Bonchev–Trinajstić information content (AvgIpc) is 2.83. The van der Waals surface area contributed by atoms with Gasteiger partial charge in [-0.15, -0.1) is 0 Å². The molecule has 0 aliphatic carbocycles. The highest BCUT2D eigenvalue weighted by Gasteiger charge is 2.08. The lowest BCUT2D eigenvalue weighted by atomic mass is 10.1. The van der Waals surface area contributed by atoms with Crippen LogP contribution >= 0.6 is 31.9 Å². The molecule has 0 bridgehead atoms. The number of aromatic nitrogens is 2. The molecule has 0 fully saturated rings. The van der Waals surface area contributed by atoms with E-state index < -0.39 is 0 Å². The second-order valence-corrected chi connectivity index (χ2v) is 9.99. The number of ether oxygens (including phenoxy) is 1. The van der Waals surface area contributed by atoms with Gasteiger partial charge in [-0.2, -0.15) is 0 Å². The van der Waals surface area contributed by atoms with Gasteiger partial charge in [-0.3, -0.25) is 0 Å². The first-order valence-corrected chi connectivity index (χ1v) is 13.0. The topological polar surface area (TPSA) is 50.3 Å². The molecule has 0 aliphatic heterocycles. The van der Waals surface area contributed by atoms with Crippen LogP contribution in [0, 0.1) is 0 Å². The van der Waals surface area contributed by atoms with Gasteiger partial charge in [0.1, 0.15) is 11.6 Å². The fourth-order valence-corrected chi connectivity index (χ4v) is 4.47. The second-order valence-electron chi connectivity index (χ2n) is 8.16. The molecule has 5 nitrogen and oxygen atoms in total.